The van der Waals surface area contributed by atoms with Crippen LogP contribution < -0.4 is 0 Å². The monoisotopic (exact) mass is 418 g/mol. The Balaban J connectivity index is 1.40. The van der Waals surface area contributed by atoms with E-state index in [0.717, 1.165) is 9.86 Å². The molecule has 0 atom stereocenters. The molecule has 9 nitrogen and oxygen atoms in total. The zero-order chi connectivity index (χ0) is 18.1. The minimum atomic E-state index is -0.166. The highest BCUT2D eigenvalue weighted by Gasteiger charge is 2.27. The van der Waals surface area contributed by atoms with Gasteiger partial charge in [0.05, 0.1) is 4.47 Å². The SMILES string of the molecule is O=C(Cn1cnnn1)N1CCN(C(=O)c2cc3cccc(Br)c3o2)CC1. The van der Waals surface area contributed by atoms with Crippen LogP contribution in [0.4, 0.5) is 0 Å². The van der Waals surface area contributed by atoms with E-state index in [-0.39, 0.29) is 18.4 Å². The molecule has 0 bridgehead atoms. The lowest BCUT2D eigenvalue weighted by molar-refractivity contribution is -0.133. The number of nitrogens with zero attached hydrogens (tertiary/aromatic N) is 6. The quantitative estimate of drug-likeness (QED) is 0.632. The van der Waals surface area contributed by atoms with E-state index in [9.17, 15) is 9.59 Å². The molecule has 4 rings (SSSR count). The summed E-state index contributed by atoms with van der Waals surface area (Å²) in [5.74, 6) is 0.0677. The first-order chi connectivity index (χ1) is 12.6. The van der Waals surface area contributed by atoms with Gasteiger partial charge >= 0.3 is 0 Å². The normalized spacial score (nSPS) is 14.8. The van der Waals surface area contributed by atoms with Gasteiger partial charge in [0.25, 0.3) is 5.91 Å². The highest BCUT2D eigenvalue weighted by atomic mass is 79.9. The van der Waals surface area contributed by atoms with Gasteiger partial charge in [0, 0.05) is 31.6 Å². The summed E-state index contributed by atoms with van der Waals surface area (Å²) in [6.45, 7) is 1.95. The van der Waals surface area contributed by atoms with Crippen LogP contribution in [-0.4, -0.2) is 68.0 Å². The number of hydrogen-bond acceptors (Lipinski definition) is 6. The van der Waals surface area contributed by atoms with Gasteiger partial charge in [0.1, 0.15) is 18.5 Å². The lowest BCUT2D eigenvalue weighted by atomic mass is 10.2. The maximum atomic E-state index is 12.7. The van der Waals surface area contributed by atoms with Crippen molar-refractivity contribution in [3.05, 3.63) is 40.8 Å². The molecular weight excluding hydrogens is 404 g/mol. The van der Waals surface area contributed by atoms with E-state index in [1.165, 1.54) is 11.0 Å². The van der Waals surface area contributed by atoms with Crippen LogP contribution in [0, 0.1) is 0 Å². The predicted molar refractivity (Wildman–Crippen MR) is 94.2 cm³/mol. The molecule has 0 saturated carbocycles. The minimum Gasteiger partial charge on any atom is -0.450 e. The number of carbonyl (C=O) groups excluding carboxylic acids is 2. The van der Waals surface area contributed by atoms with Crippen molar-refractivity contribution in [1.29, 1.82) is 0 Å². The summed E-state index contributed by atoms with van der Waals surface area (Å²) in [5.41, 5.74) is 0.658. The summed E-state index contributed by atoms with van der Waals surface area (Å²) in [5, 5.41) is 11.6. The smallest absolute Gasteiger partial charge is 0.289 e. The number of furan rings is 1. The Morgan fingerprint density at radius 2 is 1.92 bits per heavy atom. The van der Waals surface area contributed by atoms with Gasteiger partial charge in [-0.15, -0.1) is 5.10 Å². The number of para-hydroxylation sites is 1. The van der Waals surface area contributed by atoms with Gasteiger partial charge in [-0.2, -0.15) is 0 Å². The molecule has 1 aliphatic heterocycles. The van der Waals surface area contributed by atoms with E-state index in [4.69, 9.17) is 4.42 Å². The van der Waals surface area contributed by atoms with E-state index < -0.39 is 0 Å². The molecule has 0 aliphatic carbocycles. The molecule has 26 heavy (non-hydrogen) atoms. The van der Waals surface area contributed by atoms with Crippen LogP contribution in [0.3, 0.4) is 0 Å². The fraction of sp³-hybridized carbons (Fsp3) is 0.312. The number of fused-ring (bicyclic) bond motifs is 1. The Morgan fingerprint density at radius 3 is 2.62 bits per heavy atom. The second-order valence-corrected chi connectivity index (χ2v) is 6.80. The zero-order valence-corrected chi connectivity index (χ0v) is 15.3. The Hall–Kier alpha value is -2.75. The Kier molecular flexibility index (Phi) is 4.41. The third-order valence-electron chi connectivity index (χ3n) is 4.32. The maximum Gasteiger partial charge on any atom is 0.289 e. The summed E-state index contributed by atoms with van der Waals surface area (Å²) < 4.78 is 7.91. The lowest BCUT2D eigenvalue weighted by Gasteiger charge is -2.34. The van der Waals surface area contributed by atoms with Crippen LogP contribution in [0.2, 0.25) is 0 Å². The number of piperazine rings is 1. The molecule has 0 unspecified atom stereocenters. The molecule has 1 aromatic carbocycles. The summed E-state index contributed by atoms with van der Waals surface area (Å²) in [6.07, 6.45) is 1.40. The fourth-order valence-electron chi connectivity index (χ4n) is 2.94. The number of benzene rings is 1. The van der Waals surface area contributed by atoms with Crippen molar-refractivity contribution in [3.8, 4) is 0 Å². The van der Waals surface area contributed by atoms with Crippen molar-refractivity contribution < 1.29 is 14.0 Å². The second-order valence-electron chi connectivity index (χ2n) is 5.95. The number of hydrogen-bond donors (Lipinski definition) is 0. The first-order valence-corrected chi connectivity index (χ1v) is 8.87. The van der Waals surface area contributed by atoms with Crippen molar-refractivity contribution in [2.75, 3.05) is 26.2 Å². The zero-order valence-electron chi connectivity index (χ0n) is 13.7. The van der Waals surface area contributed by atoms with Crippen LogP contribution in [0.25, 0.3) is 11.0 Å². The van der Waals surface area contributed by atoms with Gasteiger partial charge in [-0.3, -0.25) is 9.59 Å². The molecular formula is C16H15BrN6O3. The van der Waals surface area contributed by atoms with Gasteiger partial charge in [-0.05, 0) is 38.5 Å². The van der Waals surface area contributed by atoms with Crippen molar-refractivity contribution in [3.63, 3.8) is 0 Å². The van der Waals surface area contributed by atoms with Crippen molar-refractivity contribution in [2.24, 2.45) is 0 Å². The Morgan fingerprint density at radius 1 is 1.15 bits per heavy atom. The lowest BCUT2D eigenvalue weighted by Crippen LogP contribution is -2.51. The van der Waals surface area contributed by atoms with Gasteiger partial charge < -0.3 is 14.2 Å². The predicted octanol–water partition coefficient (Wildman–Crippen LogP) is 1.17. The molecule has 10 heteroatoms. The summed E-state index contributed by atoms with van der Waals surface area (Å²) in [7, 11) is 0. The summed E-state index contributed by atoms with van der Waals surface area (Å²) >= 11 is 3.42. The highest BCUT2D eigenvalue weighted by Crippen LogP contribution is 2.27. The standard InChI is InChI=1S/C16H15BrN6O3/c17-12-3-1-2-11-8-13(26-15(11)12)16(25)22-6-4-21(5-7-22)14(24)9-23-10-18-19-20-23/h1-3,8,10H,4-7,9H2. The van der Waals surface area contributed by atoms with E-state index >= 15 is 0 Å². The van der Waals surface area contributed by atoms with Crippen LogP contribution in [0.5, 0.6) is 0 Å². The average Bonchev–Trinajstić information content (AvgIpc) is 3.31. The van der Waals surface area contributed by atoms with Crippen LogP contribution in [0.1, 0.15) is 10.6 Å². The largest absolute Gasteiger partial charge is 0.450 e. The molecule has 0 spiro atoms. The highest BCUT2D eigenvalue weighted by molar-refractivity contribution is 9.10. The van der Waals surface area contributed by atoms with Gasteiger partial charge in [0.2, 0.25) is 5.91 Å². The molecule has 1 saturated heterocycles. The Labute approximate surface area is 156 Å². The first-order valence-electron chi connectivity index (χ1n) is 8.08. The van der Waals surface area contributed by atoms with Crippen molar-refractivity contribution in [2.45, 2.75) is 6.54 Å². The third-order valence-corrected chi connectivity index (χ3v) is 4.94. The number of halogens is 1. The topological polar surface area (TPSA) is 97.4 Å². The maximum absolute atomic E-state index is 12.7. The number of carbonyl (C=O) groups is 2. The summed E-state index contributed by atoms with van der Waals surface area (Å²) in [4.78, 5) is 28.4. The van der Waals surface area contributed by atoms with E-state index in [0.29, 0.717) is 37.5 Å². The van der Waals surface area contributed by atoms with Crippen LogP contribution in [-0.2, 0) is 11.3 Å². The van der Waals surface area contributed by atoms with Crippen molar-refractivity contribution >= 4 is 38.7 Å². The molecule has 2 amide bonds. The number of tetrazole rings is 1. The molecule has 0 N–H and O–H groups in total. The average molecular weight is 419 g/mol. The third kappa shape index (κ3) is 3.19. The van der Waals surface area contributed by atoms with Gasteiger partial charge in [0.15, 0.2) is 5.76 Å². The van der Waals surface area contributed by atoms with E-state index in [1.54, 1.807) is 15.9 Å². The van der Waals surface area contributed by atoms with Crippen LogP contribution >= 0.6 is 15.9 Å². The first kappa shape index (κ1) is 16.7. The van der Waals surface area contributed by atoms with Gasteiger partial charge in [-0.1, -0.05) is 12.1 Å². The number of aromatic nitrogens is 4. The second kappa shape index (κ2) is 6.87. The molecule has 3 aromatic rings. The molecule has 3 heterocycles. The summed E-state index contributed by atoms with van der Waals surface area (Å²) in [6, 6.07) is 7.41. The molecule has 2 aromatic heterocycles. The van der Waals surface area contributed by atoms with Gasteiger partial charge in [-0.25, -0.2) is 4.68 Å². The minimum absolute atomic E-state index is 0.0722. The van der Waals surface area contributed by atoms with Crippen LogP contribution in [0.15, 0.2) is 39.5 Å². The van der Waals surface area contributed by atoms with E-state index in [1.807, 2.05) is 18.2 Å². The molecule has 134 valence electrons. The molecule has 0 radical (unpaired) electrons. The molecule has 1 aliphatic rings. The number of amides is 2. The van der Waals surface area contributed by atoms with Crippen molar-refractivity contribution in [1.82, 2.24) is 30.0 Å². The fourth-order valence-corrected chi connectivity index (χ4v) is 3.40. The molecule has 1 fully saturated rings. The number of rotatable bonds is 3. The van der Waals surface area contributed by atoms with E-state index in [2.05, 4.69) is 31.5 Å². The Bertz CT molecular complexity index is 946.